The first kappa shape index (κ1) is 14.6. The maximum atomic E-state index is 12.5. The molecule has 0 bridgehead atoms. The molecule has 0 saturated carbocycles. The predicted molar refractivity (Wildman–Crippen MR) is 86.0 cm³/mol. The zero-order chi connectivity index (χ0) is 15.1. The van der Waals surface area contributed by atoms with Crippen molar-refractivity contribution in [2.24, 2.45) is 0 Å². The van der Waals surface area contributed by atoms with Crippen LogP contribution < -0.4 is 4.90 Å². The normalized spacial score (nSPS) is 15.3. The zero-order valence-electron chi connectivity index (χ0n) is 10.3. The van der Waals surface area contributed by atoms with Crippen molar-refractivity contribution >= 4 is 69.2 Å². The molecule has 2 heterocycles. The Morgan fingerprint density at radius 1 is 0.952 bits per heavy atom. The van der Waals surface area contributed by atoms with Crippen molar-refractivity contribution in [3.05, 3.63) is 55.7 Å². The number of rotatable bonds is 2. The summed E-state index contributed by atoms with van der Waals surface area (Å²) in [6.45, 7) is 0. The van der Waals surface area contributed by atoms with Gasteiger partial charge in [-0.3, -0.25) is 9.59 Å². The highest BCUT2D eigenvalue weighted by Crippen LogP contribution is 2.37. The maximum absolute atomic E-state index is 12.5. The quantitative estimate of drug-likeness (QED) is 0.737. The third-order valence-electron chi connectivity index (χ3n) is 2.96. The van der Waals surface area contributed by atoms with Gasteiger partial charge in [-0.1, -0.05) is 40.9 Å². The van der Waals surface area contributed by atoms with Crippen LogP contribution in [0, 0.1) is 0 Å². The topological polar surface area (TPSA) is 37.4 Å². The van der Waals surface area contributed by atoms with Crippen LogP contribution in [0.15, 0.2) is 40.7 Å². The number of benzene rings is 1. The molecule has 2 amide bonds. The van der Waals surface area contributed by atoms with Gasteiger partial charge in [-0.25, -0.2) is 4.90 Å². The summed E-state index contributed by atoms with van der Waals surface area (Å²) in [5.74, 6) is -1.03. The molecular weight excluding hydrogens is 353 g/mol. The van der Waals surface area contributed by atoms with Crippen LogP contribution in [0.4, 0.5) is 5.69 Å². The van der Waals surface area contributed by atoms with Gasteiger partial charge < -0.3 is 0 Å². The lowest BCUT2D eigenvalue weighted by Crippen LogP contribution is -2.31. The fourth-order valence-electron chi connectivity index (χ4n) is 2.00. The standard InChI is InChI=1S/C14H6Cl3NO2S/c15-8-4-3-7(6-9(8)16)18-13(19)11(12(17)14(18)20)10-2-1-5-21-10/h1-6H. The smallest absolute Gasteiger partial charge is 0.268 e. The van der Waals surface area contributed by atoms with Crippen molar-refractivity contribution in [1.29, 1.82) is 0 Å². The Balaban J connectivity index is 2.06. The van der Waals surface area contributed by atoms with Crippen LogP contribution in [-0.2, 0) is 9.59 Å². The van der Waals surface area contributed by atoms with Crippen LogP contribution in [0.5, 0.6) is 0 Å². The monoisotopic (exact) mass is 357 g/mol. The van der Waals surface area contributed by atoms with E-state index in [1.54, 1.807) is 18.2 Å². The van der Waals surface area contributed by atoms with Crippen molar-refractivity contribution in [1.82, 2.24) is 0 Å². The van der Waals surface area contributed by atoms with E-state index in [0.717, 1.165) is 4.90 Å². The summed E-state index contributed by atoms with van der Waals surface area (Å²) in [4.78, 5) is 26.4. The summed E-state index contributed by atoms with van der Waals surface area (Å²) < 4.78 is 0. The minimum absolute atomic E-state index is 0.0893. The molecule has 1 aliphatic rings. The van der Waals surface area contributed by atoms with E-state index in [1.165, 1.54) is 23.5 Å². The van der Waals surface area contributed by atoms with Crippen LogP contribution >= 0.6 is 46.1 Å². The van der Waals surface area contributed by atoms with Gasteiger partial charge in [0.2, 0.25) is 0 Å². The molecule has 0 spiro atoms. The SMILES string of the molecule is O=C1C(Cl)=C(c2cccs2)C(=O)N1c1ccc(Cl)c(Cl)c1. The van der Waals surface area contributed by atoms with Crippen molar-refractivity contribution in [3.63, 3.8) is 0 Å². The molecule has 0 fully saturated rings. The van der Waals surface area contributed by atoms with Crippen molar-refractivity contribution in [3.8, 4) is 0 Å². The van der Waals surface area contributed by atoms with Gasteiger partial charge >= 0.3 is 0 Å². The molecule has 0 radical (unpaired) electrons. The summed E-state index contributed by atoms with van der Waals surface area (Å²) in [5, 5.41) is 2.33. The minimum Gasteiger partial charge on any atom is -0.268 e. The van der Waals surface area contributed by atoms with Gasteiger partial charge in [-0.05, 0) is 29.6 Å². The fourth-order valence-corrected chi connectivity index (χ4v) is 3.38. The fraction of sp³-hybridized carbons (Fsp3) is 0. The highest BCUT2D eigenvalue weighted by Gasteiger charge is 2.39. The summed E-state index contributed by atoms with van der Waals surface area (Å²) in [6, 6.07) is 8.06. The average Bonchev–Trinajstić information content (AvgIpc) is 3.03. The maximum Gasteiger partial charge on any atom is 0.277 e. The van der Waals surface area contributed by atoms with Crippen LogP contribution in [-0.4, -0.2) is 11.8 Å². The number of amides is 2. The summed E-state index contributed by atoms with van der Waals surface area (Å²) in [6.07, 6.45) is 0. The van der Waals surface area contributed by atoms with Gasteiger partial charge in [-0.15, -0.1) is 11.3 Å². The molecule has 0 N–H and O–H groups in total. The molecule has 106 valence electrons. The zero-order valence-corrected chi connectivity index (χ0v) is 13.4. The Labute approximate surface area is 139 Å². The van der Waals surface area contributed by atoms with E-state index >= 15 is 0 Å². The number of thiophene rings is 1. The van der Waals surface area contributed by atoms with Gasteiger partial charge in [0.1, 0.15) is 5.03 Å². The molecule has 3 rings (SSSR count). The van der Waals surface area contributed by atoms with E-state index in [9.17, 15) is 9.59 Å². The minimum atomic E-state index is -0.566. The lowest BCUT2D eigenvalue weighted by molar-refractivity contribution is -0.119. The number of carbonyl (C=O) groups is 2. The third-order valence-corrected chi connectivity index (χ3v) is 4.93. The molecule has 0 atom stereocenters. The molecule has 1 aromatic heterocycles. The second-order valence-electron chi connectivity index (χ2n) is 4.21. The first-order valence-electron chi connectivity index (χ1n) is 5.78. The van der Waals surface area contributed by atoms with E-state index in [1.807, 2.05) is 5.38 Å². The van der Waals surface area contributed by atoms with Crippen molar-refractivity contribution in [2.75, 3.05) is 4.90 Å². The molecule has 0 unspecified atom stereocenters. The molecule has 21 heavy (non-hydrogen) atoms. The highest BCUT2D eigenvalue weighted by molar-refractivity contribution is 7.11. The number of anilines is 1. The van der Waals surface area contributed by atoms with Gasteiger partial charge in [0.25, 0.3) is 11.8 Å². The summed E-state index contributed by atoms with van der Waals surface area (Å²) in [5.41, 5.74) is 0.548. The molecule has 1 aromatic carbocycles. The highest BCUT2D eigenvalue weighted by atomic mass is 35.5. The van der Waals surface area contributed by atoms with E-state index in [2.05, 4.69) is 0 Å². The Bertz CT molecular complexity index is 784. The van der Waals surface area contributed by atoms with Crippen LogP contribution in [0.3, 0.4) is 0 Å². The van der Waals surface area contributed by atoms with Crippen LogP contribution in [0.2, 0.25) is 10.0 Å². The van der Waals surface area contributed by atoms with E-state index < -0.39 is 11.8 Å². The Morgan fingerprint density at radius 3 is 2.33 bits per heavy atom. The number of hydrogen-bond acceptors (Lipinski definition) is 3. The largest absolute Gasteiger partial charge is 0.277 e. The number of halogens is 3. The van der Waals surface area contributed by atoms with E-state index in [-0.39, 0.29) is 15.6 Å². The lowest BCUT2D eigenvalue weighted by Gasteiger charge is -2.15. The van der Waals surface area contributed by atoms with Crippen molar-refractivity contribution < 1.29 is 9.59 Å². The van der Waals surface area contributed by atoms with Gasteiger partial charge in [0, 0.05) is 4.88 Å². The number of hydrogen-bond donors (Lipinski definition) is 0. The first-order chi connectivity index (χ1) is 10.0. The molecule has 2 aromatic rings. The van der Waals surface area contributed by atoms with Crippen LogP contribution in [0.1, 0.15) is 4.88 Å². The number of imide groups is 1. The molecular formula is C14H6Cl3NO2S. The number of nitrogens with zero attached hydrogens (tertiary/aromatic N) is 1. The summed E-state index contributed by atoms with van der Waals surface area (Å²) in [7, 11) is 0. The van der Waals surface area contributed by atoms with E-state index in [4.69, 9.17) is 34.8 Å². The summed E-state index contributed by atoms with van der Waals surface area (Å²) >= 11 is 19.2. The molecule has 3 nitrogen and oxygen atoms in total. The van der Waals surface area contributed by atoms with Crippen LogP contribution in [0.25, 0.3) is 5.57 Å². The van der Waals surface area contributed by atoms with Gasteiger partial charge in [0.15, 0.2) is 0 Å². The van der Waals surface area contributed by atoms with Gasteiger partial charge in [-0.2, -0.15) is 0 Å². The Kier molecular flexibility index (Phi) is 3.80. The van der Waals surface area contributed by atoms with Gasteiger partial charge in [0.05, 0.1) is 21.3 Å². The second-order valence-corrected chi connectivity index (χ2v) is 6.35. The Hall–Kier alpha value is -1.33. The third kappa shape index (κ3) is 2.38. The lowest BCUT2D eigenvalue weighted by atomic mass is 10.2. The van der Waals surface area contributed by atoms with E-state index in [0.29, 0.717) is 15.6 Å². The molecule has 0 saturated heterocycles. The first-order valence-corrected chi connectivity index (χ1v) is 7.79. The molecule has 1 aliphatic heterocycles. The van der Waals surface area contributed by atoms with Crippen molar-refractivity contribution in [2.45, 2.75) is 0 Å². The Morgan fingerprint density at radius 2 is 1.71 bits per heavy atom. The number of carbonyl (C=O) groups excluding carboxylic acids is 2. The molecule has 0 aliphatic carbocycles. The predicted octanol–water partition coefficient (Wildman–Crippen LogP) is 4.58. The second kappa shape index (κ2) is 5.46. The molecule has 7 heteroatoms. The average molecular weight is 359 g/mol.